The quantitative estimate of drug-likeness (QED) is 0.337. The zero-order chi connectivity index (χ0) is 11.3. The van der Waals surface area contributed by atoms with Gasteiger partial charge in [-0.15, -0.1) is 12.4 Å². The summed E-state index contributed by atoms with van der Waals surface area (Å²) in [4.78, 5) is 10.5. The first-order valence-electron chi connectivity index (χ1n) is 4.16. The summed E-state index contributed by atoms with van der Waals surface area (Å²) in [6, 6.07) is 7.06. The Kier molecular flexibility index (Phi) is 6.22. The Hall–Kier alpha value is -1.52. The maximum atomic E-state index is 10.5. The lowest BCUT2D eigenvalue weighted by Crippen LogP contribution is -2.20. The molecule has 0 aromatic heterocycles. The minimum Gasteiger partial charge on any atom is -0.370 e. The van der Waals surface area contributed by atoms with Crippen LogP contribution in [0.25, 0.3) is 6.08 Å². The number of rotatable bonds is 3. The van der Waals surface area contributed by atoms with E-state index in [0.29, 0.717) is 0 Å². The van der Waals surface area contributed by atoms with Crippen LogP contribution in [-0.2, 0) is 4.79 Å². The maximum absolute atomic E-state index is 10.5. The van der Waals surface area contributed by atoms with Crippen molar-refractivity contribution < 1.29 is 4.79 Å². The van der Waals surface area contributed by atoms with Crippen LogP contribution in [0.15, 0.2) is 30.3 Å². The summed E-state index contributed by atoms with van der Waals surface area (Å²) in [6.07, 6.45) is 2.88. The van der Waals surface area contributed by atoms with Gasteiger partial charge >= 0.3 is 0 Å². The topological polar surface area (TPSA) is 79.0 Å². The average molecular weight is 260 g/mol. The standard InChI is InChI=1S/C10H10ClN3O.ClH/c11-9(15)6-3-7-1-4-8(5-2-7)14-10(12)13;/h1-6H,(H4,12,13,14);1H/b6-3+;. The van der Waals surface area contributed by atoms with Gasteiger partial charge < -0.3 is 11.1 Å². The lowest BCUT2D eigenvalue weighted by Gasteiger charge is -2.02. The molecule has 0 bridgehead atoms. The fourth-order valence-corrected chi connectivity index (χ4v) is 1.06. The summed E-state index contributed by atoms with van der Waals surface area (Å²) in [6.45, 7) is 0. The number of carbonyl (C=O) groups excluding carboxylic acids is 1. The molecule has 1 rings (SSSR count). The molecule has 0 atom stereocenters. The molecule has 0 spiro atoms. The smallest absolute Gasteiger partial charge is 0.245 e. The zero-order valence-electron chi connectivity index (χ0n) is 8.24. The highest BCUT2D eigenvalue weighted by Crippen LogP contribution is 2.10. The van der Waals surface area contributed by atoms with Crippen molar-refractivity contribution in [2.24, 2.45) is 5.73 Å². The highest BCUT2D eigenvalue weighted by molar-refractivity contribution is 6.66. The molecule has 4 nitrogen and oxygen atoms in total. The molecule has 0 aliphatic rings. The van der Waals surface area contributed by atoms with Crippen molar-refractivity contribution >= 4 is 47.0 Å². The first-order chi connectivity index (χ1) is 7.08. The Balaban J connectivity index is 0.00000225. The largest absolute Gasteiger partial charge is 0.370 e. The van der Waals surface area contributed by atoms with Crippen molar-refractivity contribution in [3.8, 4) is 0 Å². The third-order valence-corrected chi connectivity index (χ3v) is 1.72. The molecule has 0 saturated carbocycles. The molecule has 16 heavy (non-hydrogen) atoms. The van der Waals surface area contributed by atoms with Crippen LogP contribution < -0.4 is 11.1 Å². The van der Waals surface area contributed by atoms with Gasteiger partial charge in [-0.25, -0.2) is 0 Å². The van der Waals surface area contributed by atoms with Gasteiger partial charge in [0.25, 0.3) is 0 Å². The second-order valence-corrected chi connectivity index (χ2v) is 3.17. The van der Waals surface area contributed by atoms with Crippen LogP contribution in [0.1, 0.15) is 5.56 Å². The van der Waals surface area contributed by atoms with Crippen molar-refractivity contribution in [3.05, 3.63) is 35.9 Å². The second-order valence-electron chi connectivity index (χ2n) is 2.80. The molecular weight excluding hydrogens is 249 g/mol. The number of benzene rings is 1. The molecule has 0 aliphatic heterocycles. The molecule has 0 heterocycles. The summed E-state index contributed by atoms with van der Waals surface area (Å²) < 4.78 is 0. The highest BCUT2D eigenvalue weighted by Gasteiger charge is 1.93. The Bertz CT molecular complexity index is 401. The summed E-state index contributed by atoms with van der Waals surface area (Å²) in [5.41, 5.74) is 6.72. The Morgan fingerprint density at radius 2 is 1.94 bits per heavy atom. The van der Waals surface area contributed by atoms with Crippen LogP contribution in [0, 0.1) is 5.41 Å². The Morgan fingerprint density at radius 3 is 2.38 bits per heavy atom. The van der Waals surface area contributed by atoms with Crippen molar-refractivity contribution in [1.29, 1.82) is 5.41 Å². The fourth-order valence-electron chi connectivity index (χ4n) is 0.995. The van der Waals surface area contributed by atoms with Gasteiger partial charge in [-0.1, -0.05) is 18.2 Å². The van der Waals surface area contributed by atoms with Gasteiger partial charge in [-0.3, -0.25) is 10.2 Å². The molecule has 1 aromatic carbocycles. The number of nitrogens with one attached hydrogen (secondary N) is 2. The van der Waals surface area contributed by atoms with E-state index in [4.69, 9.17) is 22.7 Å². The lowest BCUT2D eigenvalue weighted by atomic mass is 10.2. The van der Waals surface area contributed by atoms with E-state index in [9.17, 15) is 4.79 Å². The van der Waals surface area contributed by atoms with Crippen LogP contribution >= 0.6 is 24.0 Å². The van der Waals surface area contributed by atoms with E-state index in [-0.39, 0.29) is 18.4 Å². The van der Waals surface area contributed by atoms with Crippen LogP contribution in [0.5, 0.6) is 0 Å². The van der Waals surface area contributed by atoms with Crippen molar-refractivity contribution in [2.75, 3.05) is 5.32 Å². The summed E-state index contributed by atoms with van der Waals surface area (Å²) >= 11 is 5.15. The lowest BCUT2D eigenvalue weighted by molar-refractivity contribution is -0.107. The Morgan fingerprint density at radius 1 is 1.38 bits per heavy atom. The third-order valence-electron chi connectivity index (χ3n) is 1.60. The minimum atomic E-state index is -0.513. The Labute approximate surface area is 104 Å². The molecule has 1 aromatic rings. The van der Waals surface area contributed by atoms with Gasteiger partial charge in [-0.05, 0) is 35.4 Å². The number of nitrogens with two attached hydrogens (primary N) is 1. The van der Waals surface area contributed by atoms with Gasteiger partial charge in [0, 0.05) is 5.69 Å². The first kappa shape index (κ1) is 14.5. The SMILES string of the molecule is Cl.N=C(N)Nc1ccc(/C=C/C(=O)Cl)cc1. The monoisotopic (exact) mass is 259 g/mol. The number of anilines is 1. The number of carbonyl (C=O) groups is 1. The molecule has 0 amide bonds. The third kappa shape index (κ3) is 5.38. The molecular formula is C10H11Cl2N3O. The van der Waals surface area contributed by atoms with Gasteiger partial charge in [-0.2, -0.15) is 0 Å². The van der Waals surface area contributed by atoms with Gasteiger partial charge in [0.15, 0.2) is 5.96 Å². The van der Waals surface area contributed by atoms with E-state index in [1.807, 2.05) is 0 Å². The summed E-state index contributed by atoms with van der Waals surface area (Å²) in [5.74, 6) is -0.116. The molecule has 4 N–H and O–H groups in total. The normalized spacial score (nSPS) is 9.56. The van der Waals surface area contributed by atoms with Crippen LogP contribution in [0.4, 0.5) is 5.69 Å². The number of hydrogen-bond donors (Lipinski definition) is 3. The number of halogens is 2. The van der Waals surface area contributed by atoms with E-state index < -0.39 is 5.24 Å². The van der Waals surface area contributed by atoms with Gasteiger partial charge in [0.05, 0.1) is 0 Å². The predicted molar refractivity (Wildman–Crippen MR) is 69.1 cm³/mol. The van der Waals surface area contributed by atoms with Crippen LogP contribution in [0.2, 0.25) is 0 Å². The summed E-state index contributed by atoms with van der Waals surface area (Å²) in [5, 5.41) is 9.14. The predicted octanol–water partition coefficient (Wildman–Crippen LogP) is 2.19. The van der Waals surface area contributed by atoms with Gasteiger partial charge in [0.1, 0.15) is 0 Å². The van der Waals surface area contributed by atoms with Crippen molar-refractivity contribution in [1.82, 2.24) is 0 Å². The molecule has 0 aliphatic carbocycles. The van der Waals surface area contributed by atoms with Crippen molar-refractivity contribution in [3.63, 3.8) is 0 Å². The molecule has 6 heteroatoms. The molecule has 0 fully saturated rings. The first-order valence-corrected chi connectivity index (χ1v) is 4.54. The second kappa shape index (κ2) is 6.87. The number of hydrogen-bond acceptors (Lipinski definition) is 2. The van der Waals surface area contributed by atoms with Crippen LogP contribution in [0.3, 0.4) is 0 Å². The minimum absolute atomic E-state index is 0. The van der Waals surface area contributed by atoms with E-state index in [0.717, 1.165) is 11.3 Å². The van der Waals surface area contributed by atoms with Crippen molar-refractivity contribution in [2.45, 2.75) is 0 Å². The molecule has 0 radical (unpaired) electrons. The van der Waals surface area contributed by atoms with Gasteiger partial charge in [0.2, 0.25) is 5.24 Å². The molecule has 0 saturated heterocycles. The number of guanidine groups is 1. The maximum Gasteiger partial charge on any atom is 0.245 e. The van der Waals surface area contributed by atoms with E-state index in [1.165, 1.54) is 6.08 Å². The molecule has 86 valence electrons. The fraction of sp³-hybridized carbons (Fsp3) is 0. The van der Waals surface area contributed by atoms with Crippen LogP contribution in [-0.4, -0.2) is 11.2 Å². The summed E-state index contributed by atoms with van der Waals surface area (Å²) in [7, 11) is 0. The number of allylic oxidation sites excluding steroid dienone is 1. The average Bonchev–Trinajstić information content (AvgIpc) is 2.16. The zero-order valence-corrected chi connectivity index (χ0v) is 9.81. The van der Waals surface area contributed by atoms with E-state index >= 15 is 0 Å². The highest BCUT2D eigenvalue weighted by atomic mass is 35.5. The van der Waals surface area contributed by atoms with E-state index in [2.05, 4.69) is 5.32 Å². The van der Waals surface area contributed by atoms with E-state index in [1.54, 1.807) is 30.3 Å². The molecule has 0 unspecified atom stereocenters.